The molecule has 0 aromatic heterocycles. The van der Waals surface area contributed by atoms with Gasteiger partial charge in [0.2, 0.25) is 5.91 Å². The number of sulfonamides is 1. The van der Waals surface area contributed by atoms with Crippen LogP contribution in [0, 0.1) is 6.92 Å². The molecule has 0 radical (unpaired) electrons. The van der Waals surface area contributed by atoms with E-state index in [1.807, 2.05) is 19.9 Å². The highest BCUT2D eigenvalue weighted by Gasteiger charge is 2.23. The number of benzene rings is 2. The van der Waals surface area contributed by atoms with Crippen molar-refractivity contribution < 1.29 is 17.9 Å². The molecule has 2 aromatic rings. The van der Waals surface area contributed by atoms with Gasteiger partial charge in [0.05, 0.1) is 17.2 Å². The van der Waals surface area contributed by atoms with Gasteiger partial charge in [0.15, 0.2) is 0 Å². The third-order valence-electron chi connectivity index (χ3n) is 4.53. The largest absolute Gasteiger partial charge is 0.493 e. The van der Waals surface area contributed by atoms with E-state index >= 15 is 0 Å². The van der Waals surface area contributed by atoms with Crippen molar-refractivity contribution in [3.8, 4) is 5.75 Å². The molecule has 0 saturated heterocycles. The van der Waals surface area contributed by atoms with Gasteiger partial charge in [0.1, 0.15) is 5.75 Å². The fraction of sp³-hybridized carbons (Fsp3) is 0.350. The molecule has 1 N–H and O–H groups in total. The molecule has 0 saturated carbocycles. The lowest BCUT2D eigenvalue weighted by Crippen LogP contribution is -2.25. The SMILES string of the molecule is CCCOc1ccc(S(=O)(=O)Nc2ccc3c(c2)N(C(C)=O)CC3)cc1C. The van der Waals surface area contributed by atoms with E-state index in [-0.39, 0.29) is 10.8 Å². The Morgan fingerprint density at radius 2 is 2.00 bits per heavy atom. The number of aryl methyl sites for hydroxylation is 1. The number of nitrogens with one attached hydrogen (secondary N) is 1. The lowest BCUT2D eigenvalue weighted by Gasteiger charge is -2.16. The minimum atomic E-state index is -3.74. The summed E-state index contributed by atoms with van der Waals surface area (Å²) in [5.74, 6) is 0.637. The summed E-state index contributed by atoms with van der Waals surface area (Å²) in [5.41, 5.74) is 3.01. The fourth-order valence-electron chi connectivity index (χ4n) is 3.15. The van der Waals surface area contributed by atoms with Crippen molar-refractivity contribution in [2.75, 3.05) is 22.8 Å². The zero-order valence-corrected chi connectivity index (χ0v) is 16.6. The number of hydrogen-bond acceptors (Lipinski definition) is 4. The lowest BCUT2D eigenvalue weighted by atomic mass is 10.1. The average Bonchev–Trinajstić information content (AvgIpc) is 3.03. The molecule has 0 spiro atoms. The van der Waals surface area contributed by atoms with Crippen LogP contribution < -0.4 is 14.4 Å². The van der Waals surface area contributed by atoms with Crippen molar-refractivity contribution in [3.05, 3.63) is 47.5 Å². The van der Waals surface area contributed by atoms with Crippen LogP contribution in [0.1, 0.15) is 31.4 Å². The van der Waals surface area contributed by atoms with Gasteiger partial charge < -0.3 is 9.64 Å². The van der Waals surface area contributed by atoms with Crippen molar-refractivity contribution in [2.24, 2.45) is 0 Å². The van der Waals surface area contributed by atoms with Crippen molar-refractivity contribution in [1.82, 2.24) is 0 Å². The zero-order chi connectivity index (χ0) is 19.6. The smallest absolute Gasteiger partial charge is 0.261 e. The molecular weight excluding hydrogens is 364 g/mol. The van der Waals surface area contributed by atoms with Gasteiger partial charge in [-0.15, -0.1) is 0 Å². The van der Waals surface area contributed by atoms with Crippen molar-refractivity contribution >= 4 is 27.3 Å². The molecule has 144 valence electrons. The molecule has 1 heterocycles. The molecule has 6 nitrogen and oxygen atoms in total. The number of fused-ring (bicyclic) bond motifs is 1. The number of nitrogens with zero attached hydrogens (tertiary/aromatic N) is 1. The molecule has 27 heavy (non-hydrogen) atoms. The van der Waals surface area contributed by atoms with Gasteiger partial charge in [0.25, 0.3) is 10.0 Å². The zero-order valence-electron chi connectivity index (χ0n) is 15.8. The Morgan fingerprint density at radius 1 is 1.22 bits per heavy atom. The predicted molar refractivity (Wildman–Crippen MR) is 106 cm³/mol. The van der Waals surface area contributed by atoms with Crippen LogP contribution in [0.15, 0.2) is 41.3 Å². The summed E-state index contributed by atoms with van der Waals surface area (Å²) in [6.45, 7) is 6.56. The Labute approximate surface area is 160 Å². The van der Waals surface area contributed by atoms with Crippen LogP contribution in [0.3, 0.4) is 0 Å². The number of hydrogen-bond donors (Lipinski definition) is 1. The average molecular weight is 388 g/mol. The van der Waals surface area contributed by atoms with Gasteiger partial charge >= 0.3 is 0 Å². The number of rotatable bonds is 6. The Kier molecular flexibility index (Phi) is 5.41. The van der Waals surface area contributed by atoms with Gasteiger partial charge in [-0.25, -0.2) is 8.42 Å². The first-order chi connectivity index (χ1) is 12.8. The molecule has 3 rings (SSSR count). The number of ether oxygens (including phenoxy) is 1. The molecular formula is C20H24N2O4S. The monoisotopic (exact) mass is 388 g/mol. The second kappa shape index (κ2) is 7.60. The number of anilines is 2. The quantitative estimate of drug-likeness (QED) is 0.822. The van der Waals surface area contributed by atoms with Crippen LogP contribution in [0.25, 0.3) is 0 Å². The normalized spacial score (nSPS) is 13.4. The maximum absolute atomic E-state index is 12.8. The maximum atomic E-state index is 12.8. The summed E-state index contributed by atoms with van der Waals surface area (Å²) >= 11 is 0. The first-order valence-electron chi connectivity index (χ1n) is 8.99. The van der Waals surface area contributed by atoms with Crippen LogP contribution in [0.2, 0.25) is 0 Å². The molecule has 1 aliphatic heterocycles. The molecule has 7 heteroatoms. The van der Waals surface area contributed by atoms with Gasteiger partial charge in [-0.05, 0) is 61.2 Å². The van der Waals surface area contributed by atoms with Gasteiger partial charge in [-0.3, -0.25) is 9.52 Å². The molecule has 0 aliphatic carbocycles. The second-order valence-electron chi connectivity index (χ2n) is 6.65. The van der Waals surface area contributed by atoms with E-state index in [9.17, 15) is 13.2 Å². The van der Waals surface area contributed by atoms with Gasteiger partial charge in [-0.2, -0.15) is 0 Å². The molecule has 0 bridgehead atoms. The Balaban J connectivity index is 1.84. The minimum Gasteiger partial charge on any atom is -0.493 e. The van der Waals surface area contributed by atoms with Crippen LogP contribution >= 0.6 is 0 Å². The molecule has 1 aliphatic rings. The third-order valence-corrected chi connectivity index (χ3v) is 5.91. The Hall–Kier alpha value is -2.54. The number of amides is 1. The third kappa shape index (κ3) is 4.08. The van der Waals surface area contributed by atoms with Gasteiger partial charge in [-0.1, -0.05) is 13.0 Å². The van der Waals surface area contributed by atoms with E-state index in [1.165, 1.54) is 13.0 Å². The highest BCUT2D eigenvalue weighted by atomic mass is 32.2. The maximum Gasteiger partial charge on any atom is 0.261 e. The summed E-state index contributed by atoms with van der Waals surface area (Å²) in [6, 6.07) is 10.1. The van der Waals surface area contributed by atoms with Crippen LogP contribution in [0.5, 0.6) is 5.75 Å². The standard InChI is InChI=1S/C20H24N2O4S/c1-4-11-26-20-8-7-18(12-14(20)2)27(24,25)21-17-6-5-16-9-10-22(15(3)23)19(16)13-17/h5-8,12-13,21H,4,9-11H2,1-3H3. The first-order valence-corrected chi connectivity index (χ1v) is 10.5. The Bertz CT molecular complexity index is 970. The van der Waals surface area contributed by atoms with E-state index < -0.39 is 10.0 Å². The van der Waals surface area contributed by atoms with E-state index in [4.69, 9.17) is 4.74 Å². The molecule has 0 atom stereocenters. The minimum absolute atomic E-state index is 0.0490. The first kappa shape index (κ1) is 19.2. The summed E-state index contributed by atoms with van der Waals surface area (Å²) < 4.78 is 33.7. The van der Waals surface area contributed by atoms with E-state index in [0.717, 1.165) is 29.7 Å². The second-order valence-corrected chi connectivity index (χ2v) is 8.33. The van der Waals surface area contributed by atoms with Gasteiger partial charge in [0, 0.05) is 19.2 Å². The topological polar surface area (TPSA) is 75.7 Å². The summed E-state index contributed by atoms with van der Waals surface area (Å²) in [5, 5.41) is 0. The lowest BCUT2D eigenvalue weighted by molar-refractivity contribution is -0.116. The van der Waals surface area contributed by atoms with Crippen molar-refractivity contribution in [2.45, 2.75) is 38.5 Å². The summed E-state index contributed by atoms with van der Waals surface area (Å²) in [4.78, 5) is 13.6. The molecule has 2 aromatic carbocycles. The number of carbonyl (C=O) groups excluding carboxylic acids is 1. The van der Waals surface area contributed by atoms with Crippen LogP contribution in [-0.2, 0) is 21.2 Å². The van der Waals surface area contributed by atoms with E-state index in [0.29, 0.717) is 24.6 Å². The molecule has 0 fully saturated rings. The molecule has 1 amide bonds. The van der Waals surface area contributed by atoms with Crippen LogP contribution in [0.4, 0.5) is 11.4 Å². The van der Waals surface area contributed by atoms with Crippen molar-refractivity contribution in [1.29, 1.82) is 0 Å². The van der Waals surface area contributed by atoms with Crippen molar-refractivity contribution in [3.63, 3.8) is 0 Å². The van der Waals surface area contributed by atoms with E-state index in [1.54, 1.807) is 29.2 Å². The predicted octanol–water partition coefficient (Wildman–Crippen LogP) is 3.49. The van der Waals surface area contributed by atoms with Crippen LogP contribution in [-0.4, -0.2) is 27.5 Å². The number of carbonyl (C=O) groups is 1. The fourth-order valence-corrected chi connectivity index (χ4v) is 4.28. The molecule has 0 unspecified atom stereocenters. The summed E-state index contributed by atoms with van der Waals surface area (Å²) in [7, 11) is -3.74. The Morgan fingerprint density at radius 3 is 2.67 bits per heavy atom. The highest BCUT2D eigenvalue weighted by molar-refractivity contribution is 7.92. The summed E-state index contributed by atoms with van der Waals surface area (Å²) in [6.07, 6.45) is 1.66. The van der Waals surface area contributed by atoms with E-state index in [2.05, 4.69) is 4.72 Å². The highest BCUT2D eigenvalue weighted by Crippen LogP contribution is 2.32.